The van der Waals surface area contributed by atoms with E-state index < -0.39 is 0 Å². The van der Waals surface area contributed by atoms with Crippen molar-refractivity contribution in [2.45, 2.75) is 33.6 Å². The smallest absolute Gasteiger partial charge is 0.282 e. The van der Waals surface area contributed by atoms with Crippen LogP contribution in [0.5, 0.6) is 5.75 Å². The fourth-order valence-electron chi connectivity index (χ4n) is 2.73. The number of amides is 1. The largest absolute Gasteiger partial charge is 0.497 e. The van der Waals surface area contributed by atoms with Gasteiger partial charge >= 0.3 is 0 Å². The van der Waals surface area contributed by atoms with E-state index in [0.29, 0.717) is 17.1 Å². The molecule has 0 aliphatic heterocycles. The molecule has 2 aromatic heterocycles. The molecule has 2 heterocycles. The Labute approximate surface area is 155 Å². The molecule has 0 bridgehead atoms. The average molecular weight is 371 g/mol. The van der Waals surface area contributed by atoms with E-state index in [2.05, 4.69) is 10.3 Å². The molecule has 6 nitrogen and oxygen atoms in total. The highest BCUT2D eigenvalue weighted by Gasteiger charge is 2.16. The average Bonchev–Trinajstić information content (AvgIpc) is 2.91. The second kappa shape index (κ2) is 7.29. The summed E-state index contributed by atoms with van der Waals surface area (Å²) in [6.07, 6.45) is 0.873. The van der Waals surface area contributed by atoms with E-state index in [9.17, 15) is 9.59 Å². The van der Waals surface area contributed by atoms with Crippen molar-refractivity contribution in [1.29, 1.82) is 0 Å². The Morgan fingerprint density at radius 3 is 2.58 bits per heavy atom. The van der Waals surface area contributed by atoms with Crippen molar-refractivity contribution >= 4 is 27.9 Å². The van der Waals surface area contributed by atoms with Crippen LogP contribution in [-0.4, -0.2) is 22.4 Å². The SMILES string of the molecule is COc1ccc(CCC(=O)Nc2c(C)nc3sc(C)c(C)n3c2=O)cc1. The van der Waals surface area contributed by atoms with Crippen molar-refractivity contribution in [3.63, 3.8) is 0 Å². The van der Waals surface area contributed by atoms with Gasteiger partial charge in [-0.2, -0.15) is 0 Å². The molecule has 0 unspecified atom stereocenters. The van der Waals surface area contributed by atoms with Crippen molar-refractivity contribution in [2.75, 3.05) is 12.4 Å². The van der Waals surface area contributed by atoms with Gasteiger partial charge in [-0.1, -0.05) is 12.1 Å². The summed E-state index contributed by atoms with van der Waals surface area (Å²) < 4.78 is 6.69. The van der Waals surface area contributed by atoms with E-state index in [4.69, 9.17) is 4.74 Å². The molecule has 1 aromatic carbocycles. The van der Waals surface area contributed by atoms with E-state index in [1.807, 2.05) is 38.1 Å². The first-order chi connectivity index (χ1) is 12.4. The van der Waals surface area contributed by atoms with Gasteiger partial charge in [0.05, 0.1) is 12.8 Å². The zero-order valence-electron chi connectivity index (χ0n) is 15.3. The highest BCUT2D eigenvalue weighted by Crippen LogP contribution is 2.21. The first-order valence-electron chi connectivity index (χ1n) is 8.33. The third kappa shape index (κ3) is 3.48. The molecule has 136 valence electrons. The van der Waals surface area contributed by atoms with Crippen LogP contribution in [0.15, 0.2) is 29.1 Å². The summed E-state index contributed by atoms with van der Waals surface area (Å²) in [5.74, 6) is 0.579. The number of ether oxygens (including phenoxy) is 1. The Hall–Kier alpha value is -2.67. The number of hydrogen-bond acceptors (Lipinski definition) is 5. The van der Waals surface area contributed by atoms with E-state index >= 15 is 0 Å². The highest BCUT2D eigenvalue weighted by atomic mass is 32.1. The van der Waals surface area contributed by atoms with Crippen molar-refractivity contribution in [2.24, 2.45) is 0 Å². The van der Waals surface area contributed by atoms with E-state index in [1.165, 1.54) is 11.3 Å². The van der Waals surface area contributed by atoms with Gasteiger partial charge in [0.25, 0.3) is 5.56 Å². The van der Waals surface area contributed by atoms with Gasteiger partial charge in [0.1, 0.15) is 11.4 Å². The standard InChI is InChI=1S/C19H21N3O3S/c1-11-17(18(24)22-12(2)13(3)26-19(22)20-11)21-16(23)10-7-14-5-8-15(25-4)9-6-14/h5-6,8-9H,7,10H2,1-4H3,(H,21,23). The van der Waals surface area contributed by atoms with Crippen molar-refractivity contribution < 1.29 is 9.53 Å². The minimum absolute atomic E-state index is 0.202. The number of methoxy groups -OCH3 is 1. The molecule has 0 atom stereocenters. The fraction of sp³-hybridized carbons (Fsp3) is 0.316. The maximum atomic E-state index is 12.8. The lowest BCUT2D eigenvalue weighted by atomic mass is 10.1. The molecule has 3 aromatic rings. The van der Waals surface area contributed by atoms with E-state index in [0.717, 1.165) is 21.9 Å². The number of nitrogens with zero attached hydrogens (tertiary/aromatic N) is 2. The highest BCUT2D eigenvalue weighted by molar-refractivity contribution is 7.17. The molecular weight excluding hydrogens is 350 g/mol. The Bertz CT molecular complexity index is 1020. The maximum Gasteiger partial charge on any atom is 0.282 e. The topological polar surface area (TPSA) is 72.7 Å². The first-order valence-corrected chi connectivity index (χ1v) is 9.14. The number of carbonyl (C=O) groups excluding carboxylic acids is 1. The van der Waals surface area contributed by atoms with Crippen molar-refractivity contribution in [3.05, 3.63) is 56.4 Å². The predicted octanol–water partition coefficient (Wildman–Crippen LogP) is 3.26. The Kier molecular flexibility index (Phi) is 5.08. The zero-order valence-corrected chi connectivity index (χ0v) is 16.1. The molecule has 7 heteroatoms. The van der Waals surface area contributed by atoms with Gasteiger partial charge in [0, 0.05) is 17.0 Å². The number of nitrogens with one attached hydrogen (secondary N) is 1. The molecule has 0 fully saturated rings. The maximum absolute atomic E-state index is 12.8. The van der Waals surface area contributed by atoms with Crippen LogP contribution in [0.25, 0.3) is 4.96 Å². The summed E-state index contributed by atoms with van der Waals surface area (Å²) >= 11 is 1.47. The van der Waals surface area contributed by atoms with E-state index in [-0.39, 0.29) is 23.6 Å². The lowest BCUT2D eigenvalue weighted by Crippen LogP contribution is -2.25. The quantitative estimate of drug-likeness (QED) is 0.747. The van der Waals surface area contributed by atoms with Crippen LogP contribution in [0.1, 0.15) is 28.2 Å². The third-order valence-corrected chi connectivity index (χ3v) is 5.44. The molecule has 0 spiro atoms. The molecule has 3 rings (SSSR count). The monoisotopic (exact) mass is 371 g/mol. The molecule has 0 radical (unpaired) electrons. The van der Waals surface area contributed by atoms with Gasteiger partial charge in [-0.25, -0.2) is 4.98 Å². The fourth-order valence-corrected chi connectivity index (χ4v) is 3.74. The third-order valence-electron chi connectivity index (χ3n) is 4.39. The van der Waals surface area contributed by atoms with Gasteiger partial charge in [-0.05, 0) is 44.9 Å². The molecular formula is C19H21N3O3S. The number of anilines is 1. The van der Waals surface area contributed by atoms with Gasteiger partial charge in [-0.15, -0.1) is 11.3 Å². The second-order valence-electron chi connectivity index (χ2n) is 6.14. The Morgan fingerprint density at radius 2 is 1.92 bits per heavy atom. The van der Waals surface area contributed by atoms with Crippen LogP contribution in [0.3, 0.4) is 0 Å². The molecule has 0 aliphatic rings. The number of thiazole rings is 1. The zero-order chi connectivity index (χ0) is 18.8. The number of fused-ring (bicyclic) bond motifs is 1. The second-order valence-corrected chi connectivity index (χ2v) is 7.32. The number of carbonyl (C=O) groups is 1. The van der Waals surface area contributed by atoms with Gasteiger partial charge in [-0.3, -0.25) is 14.0 Å². The van der Waals surface area contributed by atoms with Crippen LogP contribution >= 0.6 is 11.3 Å². The summed E-state index contributed by atoms with van der Waals surface area (Å²) in [6.45, 7) is 5.58. The van der Waals surface area contributed by atoms with Crippen LogP contribution in [-0.2, 0) is 11.2 Å². The molecule has 0 saturated heterocycles. The van der Waals surface area contributed by atoms with E-state index in [1.54, 1.807) is 18.4 Å². The molecule has 26 heavy (non-hydrogen) atoms. The Morgan fingerprint density at radius 1 is 1.23 bits per heavy atom. The number of aromatic nitrogens is 2. The van der Waals surface area contributed by atoms with Gasteiger partial charge in [0.15, 0.2) is 4.96 Å². The summed E-state index contributed by atoms with van der Waals surface area (Å²) in [7, 11) is 1.62. The van der Waals surface area contributed by atoms with Crippen molar-refractivity contribution in [3.8, 4) is 5.75 Å². The minimum Gasteiger partial charge on any atom is -0.497 e. The number of rotatable bonds is 5. The minimum atomic E-state index is -0.229. The lowest BCUT2D eigenvalue weighted by Gasteiger charge is -2.08. The van der Waals surface area contributed by atoms with Gasteiger partial charge < -0.3 is 10.1 Å². The van der Waals surface area contributed by atoms with Crippen LogP contribution in [0.2, 0.25) is 0 Å². The van der Waals surface area contributed by atoms with Crippen LogP contribution < -0.4 is 15.6 Å². The molecule has 0 aliphatic carbocycles. The summed E-state index contributed by atoms with van der Waals surface area (Å²) in [5.41, 5.74) is 2.45. The Balaban J connectivity index is 1.76. The molecule has 1 N–H and O–H groups in total. The molecule has 1 amide bonds. The van der Waals surface area contributed by atoms with Crippen molar-refractivity contribution in [1.82, 2.24) is 9.38 Å². The first kappa shape index (κ1) is 18.1. The van der Waals surface area contributed by atoms with Crippen LogP contribution in [0, 0.1) is 20.8 Å². The number of aryl methyl sites for hydroxylation is 4. The van der Waals surface area contributed by atoms with Crippen LogP contribution in [0.4, 0.5) is 5.69 Å². The molecule has 0 saturated carbocycles. The number of benzene rings is 1. The summed E-state index contributed by atoms with van der Waals surface area (Å²) in [6, 6.07) is 7.58. The summed E-state index contributed by atoms with van der Waals surface area (Å²) in [5, 5.41) is 2.75. The normalized spacial score (nSPS) is 10.9. The lowest BCUT2D eigenvalue weighted by molar-refractivity contribution is -0.116. The predicted molar refractivity (Wildman–Crippen MR) is 103 cm³/mol. The number of hydrogen-bond donors (Lipinski definition) is 1. The summed E-state index contributed by atoms with van der Waals surface area (Å²) in [4.78, 5) is 31.2. The van der Waals surface area contributed by atoms with Gasteiger partial charge in [0.2, 0.25) is 5.91 Å².